The lowest BCUT2D eigenvalue weighted by Gasteiger charge is -2.38. The lowest BCUT2D eigenvalue weighted by molar-refractivity contribution is 0.138. The number of halogens is 3. The van der Waals surface area contributed by atoms with E-state index < -0.39 is 17.8 Å². The summed E-state index contributed by atoms with van der Waals surface area (Å²) < 4.78 is 47.0. The minimum Gasteiger partial charge on any atom is -0.491 e. The van der Waals surface area contributed by atoms with Crippen LogP contribution in [0.1, 0.15) is 102 Å². The minimum atomic E-state index is -2.80. The SMILES string of the molecule is CCCC1CCC(C2CCC(c3ccc(OCC)c(F)c3C(F)F)CC2)CC1. The number of hydrogen-bond acceptors (Lipinski definition) is 1. The fourth-order valence-corrected chi connectivity index (χ4v) is 5.69. The van der Waals surface area contributed by atoms with E-state index in [0.717, 1.165) is 43.4 Å². The third kappa shape index (κ3) is 4.86. The lowest BCUT2D eigenvalue weighted by Crippen LogP contribution is -2.25. The van der Waals surface area contributed by atoms with Crippen LogP contribution < -0.4 is 4.74 Å². The summed E-state index contributed by atoms with van der Waals surface area (Å²) in [7, 11) is 0. The third-order valence-electron chi connectivity index (χ3n) is 7.16. The monoisotopic (exact) mass is 396 g/mol. The zero-order valence-electron chi connectivity index (χ0n) is 17.4. The highest BCUT2D eigenvalue weighted by Gasteiger charge is 2.33. The summed E-state index contributed by atoms with van der Waals surface area (Å²) in [6.07, 6.45) is 9.19. The van der Waals surface area contributed by atoms with Crippen LogP contribution in [-0.4, -0.2) is 6.61 Å². The molecule has 1 nitrogen and oxygen atoms in total. The van der Waals surface area contributed by atoms with Crippen LogP contribution >= 0.6 is 0 Å². The van der Waals surface area contributed by atoms with E-state index in [-0.39, 0.29) is 18.3 Å². The maximum absolute atomic E-state index is 14.6. The first kappa shape index (κ1) is 21.5. The summed E-state index contributed by atoms with van der Waals surface area (Å²) in [4.78, 5) is 0. The molecule has 1 aromatic carbocycles. The van der Waals surface area contributed by atoms with E-state index in [1.165, 1.54) is 44.6 Å². The summed E-state index contributed by atoms with van der Waals surface area (Å²) in [6, 6.07) is 3.21. The molecule has 0 amide bonds. The fraction of sp³-hybridized carbons (Fsp3) is 0.750. The van der Waals surface area contributed by atoms with Gasteiger partial charge in [0.2, 0.25) is 0 Å². The number of hydrogen-bond donors (Lipinski definition) is 0. The molecule has 1 aromatic rings. The van der Waals surface area contributed by atoms with E-state index in [2.05, 4.69) is 6.92 Å². The maximum atomic E-state index is 14.6. The highest BCUT2D eigenvalue weighted by atomic mass is 19.3. The van der Waals surface area contributed by atoms with E-state index in [1.54, 1.807) is 13.0 Å². The van der Waals surface area contributed by atoms with Crippen LogP contribution in [0.15, 0.2) is 12.1 Å². The molecule has 0 aromatic heterocycles. The Morgan fingerprint density at radius 1 is 0.929 bits per heavy atom. The molecule has 4 heteroatoms. The lowest BCUT2D eigenvalue weighted by atomic mass is 9.67. The molecule has 0 unspecified atom stereocenters. The van der Waals surface area contributed by atoms with Crippen LogP contribution in [0.5, 0.6) is 5.75 Å². The average Bonchev–Trinajstić information content (AvgIpc) is 2.70. The highest BCUT2D eigenvalue weighted by molar-refractivity contribution is 5.40. The third-order valence-corrected chi connectivity index (χ3v) is 7.16. The molecule has 0 saturated heterocycles. The van der Waals surface area contributed by atoms with Crippen molar-refractivity contribution in [1.82, 2.24) is 0 Å². The van der Waals surface area contributed by atoms with Crippen molar-refractivity contribution >= 4 is 0 Å². The fourth-order valence-electron chi connectivity index (χ4n) is 5.69. The normalized spacial score (nSPS) is 28.5. The molecule has 0 atom stereocenters. The molecule has 2 aliphatic carbocycles. The molecule has 2 saturated carbocycles. The van der Waals surface area contributed by atoms with Crippen molar-refractivity contribution in [3.8, 4) is 5.75 Å². The van der Waals surface area contributed by atoms with Crippen LogP contribution in [0.25, 0.3) is 0 Å². The Hall–Kier alpha value is -1.19. The molecule has 2 fully saturated rings. The second-order valence-corrected chi connectivity index (χ2v) is 8.80. The van der Waals surface area contributed by atoms with Crippen molar-refractivity contribution in [2.24, 2.45) is 17.8 Å². The summed E-state index contributed by atoms with van der Waals surface area (Å²) >= 11 is 0. The van der Waals surface area contributed by atoms with Gasteiger partial charge in [-0.15, -0.1) is 0 Å². The standard InChI is InChI=1S/C24H35F3O/c1-3-5-16-6-8-17(9-7-16)18-10-12-19(13-11-18)20-14-15-21(28-4-2)23(25)22(20)24(26)27/h14-19,24H,3-13H2,1-2H3. The molecular formula is C24H35F3O. The van der Waals surface area contributed by atoms with E-state index in [1.807, 2.05) is 0 Å². The van der Waals surface area contributed by atoms with Crippen molar-refractivity contribution < 1.29 is 17.9 Å². The second kappa shape index (κ2) is 10.0. The first-order valence-electron chi connectivity index (χ1n) is 11.3. The van der Waals surface area contributed by atoms with Gasteiger partial charge in [0.1, 0.15) is 0 Å². The Bertz CT molecular complexity index is 615. The Morgan fingerprint density at radius 2 is 1.54 bits per heavy atom. The molecule has 0 N–H and O–H groups in total. The molecule has 0 heterocycles. The van der Waals surface area contributed by atoms with E-state index in [9.17, 15) is 13.2 Å². The predicted octanol–water partition coefficient (Wildman–Crippen LogP) is 8.04. The van der Waals surface area contributed by atoms with Gasteiger partial charge >= 0.3 is 0 Å². The number of rotatable bonds is 7. The highest BCUT2D eigenvalue weighted by Crippen LogP contribution is 2.46. The van der Waals surface area contributed by atoms with Gasteiger partial charge in [0.15, 0.2) is 11.6 Å². The molecule has 158 valence electrons. The van der Waals surface area contributed by atoms with E-state index in [4.69, 9.17) is 4.74 Å². The topological polar surface area (TPSA) is 9.23 Å². The summed E-state index contributed by atoms with van der Waals surface area (Å²) in [6.45, 7) is 4.27. The van der Waals surface area contributed by atoms with Gasteiger partial charge in [-0.3, -0.25) is 0 Å². The molecule has 0 spiro atoms. The maximum Gasteiger partial charge on any atom is 0.267 e. The van der Waals surface area contributed by atoms with E-state index in [0.29, 0.717) is 5.56 Å². The number of alkyl halides is 2. The van der Waals surface area contributed by atoms with Crippen molar-refractivity contribution in [3.63, 3.8) is 0 Å². The first-order chi connectivity index (χ1) is 13.5. The van der Waals surface area contributed by atoms with Crippen LogP contribution in [-0.2, 0) is 0 Å². The van der Waals surface area contributed by atoms with Crippen LogP contribution in [0.4, 0.5) is 13.2 Å². The van der Waals surface area contributed by atoms with Crippen molar-refractivity contribution in [2.45, 2.75) is 90.4 Å². The smallest absolute Gasteiger partial charge is 0.267 e. The van der Waals surface area contributed by atoms with Gasteiger partial charge in [-0.05, 0) is 80.8 Å². The van der Waals surface area contributed by atoms with Gasteiger partial charge in [-0.25, -0.2) is 13.2 Å². The van der Waals surface area contributed by atoms with Gasteiger partial charge in [-0.1, -0.05) is 38.7 Å². The Labute approximate surface area is 168 Å². The van der Waals surface area contributed by atoms with Crippen LogP contribution in [0.3, 0.4) is 0 Å². The second-order valence-electron chi connectivity index (χ2n) is 8.80. The first-order valence-corrected chi connectivity index (χ1v) is 11.3. The van der Waals surface area contributed by atoms with Crippen LogP contribution in [0.2, 0.25) is 0 Å². The molecule has 2 aliphatic rings. The molecule has 0 bridgehead atoms. The molecule has 3 rings (SSSR count). The zero-order chi connectivity index (χ0) is 20.1. The van der Waals surface area contributed by atoms with Crippen molar-refractivity contribution in [1.29, 1.82) is 0 Å². The minimum absolute atomic E-state index is 0.0434. The predicted molar refractivity (Wildman–Crippen MR) is 108 cm³/mol. The van der Waals surface area contributed by atoms with Gasteiger partial charge < -0.3 is 4.74 Å². The molecule has 0 radical (unpaired) electrons. The molecule has 28 heavy (non-hydrogen) atoms. The number of ether oxygens (including phenoxy) is 1. The Kier molecular flexibility index (Phi) is 7.70. The molecular weight excluding hydrogens is 361 g/mol. The number of benzene rings is 1. The van der Waals surface area contributed by atoms with E-state index >= 15 is 0 Å². The van der Waals surface area contributed by atoms with Crippen molar-refractivity contribution in [2.75, 3.05) is 6.61 Å². The van der Waals surface area contributed by atoms with Gasteiger partial charge in [0.25, 0.3) is 6.43 Å². The van der Waals surface area contributed by atoms with Crippen molar-refractivity contribution in [3.05, 3.63) is 29.1 Å². The zero-order valence-corrected chi connectivity index (χ0v) is 17.4. The summed E-state index contributed by atoms with van der Waals surface area (Å²) in [5.74, 6) is 1.56. The Morgan fingerprint density at radius 3 is 2.07 bits per heavy atom. The summed E-state index contributed by atoms with van der Waals surface area (Å²) in [5, 5.41) is 0. The van der Waals surface area contributed by atoms with Gasteiger partial charge in [-0.2, -0.15) is 0 Å². The Balaban J connectivity index is 1.63. The van der Waals surface area contributed by atoms with Gasteiger partial charge in [0.05, 0.1) is 12.2 Å². The van der Waals surface area contributed by atoms with Crippen LogP contribution in [0, 0.1) is 23.6 Å². The summed E-state index contributed by atoms with van der Waals surface area (Å²) in [5.41, 5.74) is 0.0653. The largest absolute Gasteiger partial charge is 0.491 e. The average molecular weight is 397 g/mol. The quantitative estimate of drug-likeness (QED) is 0.453. The van der Waals surface area contributed by atoms with Gasteiger partial charge in [0, 0.05) is 0 Å². The molecule has 0 aliphatic heterocycles.